The van der Waals surface area contributed by atoms with Crippen molar-refractivity contribution in [3.8, 4) is 0 Å². The van der Waals surface area contributed by atoms with Crippen LogP contribution in [0.25, 0.3) is 0 Å². The molecule has 0 aromatic rings. The first-order valence-corrected chi connectivity index (χ1v) is 23.4. The van der Waals surface area contributed by atoms with Crippen LogP contribution in [0.3, 0.4) is 0 Å². The summed E-state index contributed by atoms with van der Waals surface area (Å²) in [5.74, 6) is -1.51. The predicted molar refractivity (Wildman–Crippen MR) is 260 cm³/mol. The van der Waals surface area contributed by atoms with E-state index >= 15 is 0 Å². The van der Waals surface area contributed by atoms with E-state index in [0.717, 1.165) is 45.2 Å². The molecule has 68 heavy (non-hydrogen) atoms. The first-order valence-electron chi connectivity index (χ1n) is 23.4. The number of carboxylic acid groups (broad SMARTS) is 1. The topological polar surface area (TPSA) is 248 Å². The summed E-state index contributed by atoms with van der Waals surface area (Å²) in [7, 11) is 0. The maximum Gasteiger partial charge on any atom is 0.408 e. The molecule has 0 radical (unpaired) electrons. The smallest absolute Gasteiger partial charge is 0.408 e. The number of hydrogen-bond acceptors (Lipinski definition) is 13. The Morgan fingerprint density at radius 2 is 1.10 bits per heavy atom. The van der Waals surface area contributed by atoms with E-state index in [2.05, 4.69) is 21.3 Å². The van der Waals surface area contributed by atoms with Gasteiger partial charge in [-0.15, -0.1) is 12.4 Å². The highest BCUT2D eigenvalue weighted by Gasteiger charge is 2.42. The lowest BCUT2D eigenvalue weighted by molar-refractivity contribution is -0.163. The fraction of sp³-hybridized carbons (Fsp3) is 0.833. The summed E-state index contributed by atoms with van der Waals surface area (Å²) < 4.78 is 20.9. The van der Waals surface area contributed by atoms with Crippen molar-refractivity contribution >= 4 is 60.2 Å². The van der Waals surface area contributed by atoms with Gasteiger partial charge >= 0.3 is 30.1 Å². The van der Waals surface area contributed by atoms with Gasteiger partial charge in [-0.25, -0.2) is 14.4 Å². The summed E-state index contributed by atoms with van der Waals surface area (Å²) in [5, 5.41) is 19.9. The molecular weight excluding hydrogens is 904 g/mol. The average Bonchev–Trinajstić information content (AvgIpc) is 3.86. The number of likely N-dealkylation sites (tertiary alicyclic amines) is 1. The van der Waals surface area contributed by atoms with Crippen LogP contribution in [0.5, 0.6) is 0 Å². The molecule has 4 aliphatic heterocycles. The molecule has 0 saturated carbocycles. The van der Waals surface area contributed by atoms with Crippen LogP contribution in [0.2, 0.25) is 0 Å². The fourth-order valence-electron chi connectivity index (χ4n) is 7.32. The van der Waals surface area contributed by atoms with Crippen LogP contribution in [-0.2, 0) is 47.7 Å². The maximum absolute atomic E-state index is 12.7. The van der Waals surface area contributed by atoms with E-state index in [1.165, 1.54) is 0 Å². The van der Waals surface area contributed by atoms with Crippen LogP contribution in [0, 0.1) is 0 Å². The molecule has 0 bridgehead atoms. The minimum Gasteiger partial charge on any atom is -0.481 e. The number of nitrogens with zero attached hydrogens (tertiary/aromatic N) is 2. The highest BCUT2D eigenvalue weighted by atomic mass is 35.5. The monoisotopic (exact) mass is 991 g/mol. The van der Waals surface area contributed by atoms with Crippen molar-refractivity contribution in [3.05, 3.63) is 0 Å². The Morgan fingerprint density at radius 1 is 0.647 bits per heavy atom. The summed E-state index contributed by atoms with van der Waals surface area (Å²) in [4.78, 5) is 97.1. The molecule has 19 nitrogen and oxygen atoms in total. The molecule has 394 valence electrons. The molecule has 5 amide bonds. The Kier molecular flexibility index (Phi) is 23.8. The van der Waals surface area contributed by atoms with E-state index in [-0.39, 0.29) is 72.6 Å². The number of aliphatic carboxylic acids is 1. The molecule has 4 aliphatic rings. The molecular formula is C48H87ClN6O13. The largest absolute Gasteiger partial charge is 0.481 e. The second kappa shape index (κ2) is 25.5. The van der Waals surface area contributed by atoms with E-state index in [1.54, 1.807) is 99.8 Å². The van der Waals surface area contributed by atoms with Gasteiger partial charge in [-0.1, -0.05) is 0 Å². The lowest BCUT2D eigenvalue weighted by Crippen LogP contribution is -2.51. The fourth-order valence-corrected chi connectivity index (χ4v) is 7.32. The van der Waals surface area contributed by atoms with Crippen molar-refractivity contribution in [2.75, 3.05) is 19.6 Å². The highest BCUT2D eigenvalue weighted by Crippen LogP contribution is 2.26. The molecule has 5 N–H and O–H groups in total. The molecule has 3 atom stereocenters. The van der Waals surface area contributed by atoms with Gasteiger partial charge in [0.25, 0.3) is 0 Å². The summed E-state index contributed by atoms with van der Waals surface area (Å²) in [6, 6.07) is -0.826. The standard InChI is InChI=1S/C19H34N2O5.C10H16N2O2.C10H19NO4.C9H17NO2.ClH/c1-17(2,3)25-15(23)13-10-9-11-21(13)14(22)12-19(7,8)20-16(24)26-18(4,5)6;1-10(2)6-8(13)12-5-3-4-7(12)9(14)11-10;1-9(2,3)15-8(14)11-10(4,5)6-7(12)13;1-9(2,3)12-8(11)7-5-4-6-10-7;/h13H,9-12H2,1-8H3,(H,20,24);7H,3-6H2,1-2H3,(H,11,14);6H2,1-5H3,(H,11,14)(H,12,13);7,10H,4-6H2,1-3H3;1H/t13-;7-;;7-;/m11.1./s1. The van der Waals surface area contributed by atoms with Gasteiger partial charge in [-0.3, -0.25) is 24.0 Å². The van der Waals surface area contributed by atoms with Gasteiger partial charge in [0.15, 0.2) is 0 Å². The van der Waals surface area contributed by atoms with Crippen molar-refractivity contribution < 1.29 is 62.4 Å². The van der Waals surface area contributed by atoms with Crippen molar-refractivity contribution in [1.82, 2.24) is 31.1 Å². The van der Waals surface area contributed by atoms with Gasteiger partial charge in [-0.05, 0) is 170 Å². The molecule has 4 fully saturated rings. The average molecular weight is 992 g/mol. The summed E-state index contributed by atoms with van der Waals surface area (Å²) >= 11 is 0. The van der Waals surface area contributed by atoms with Crippen molar-refractivity contribution in [1.29, 1.82) is 0 Å². The number of hydrogen-bond donors (Lipinski definition) is 5. The molecule has 20 heteroatoms. The Balaban J connectivity index is 0.000000921. The quantitative estimate of drug-likeness (QED) is 0.128. The minimum absolute atomic E-state index is 0. The minimum atomic E-state index is -0.962. The third-order valence-electron chi connectivity index (χ3n) is 9.80. The van der Waals surface area contributed by atoms with Gasteiger partial charge in [-0.2, -0.15) is 0 Å². The number of carboxylic acids is 1. The zero-order chi connectivity index (χ0) is 52.1. The number of fused-ring (bicyclic) bond motifs is 1. The SMILES string of the molecule is CC(C)(C)OC(=O)[C@H]1CCCN1.CC(C)(CC(=O)N1CCC[C@@H]1C(=O)OC(C)(C)C)NC(=O)OC(C)(C)C.CC(C)(CC(=O)O)NC(=O)OC(C)(C)C.CC1(C)CC(=O)N2CCC[C@@H]2C(=O)N1.Cl. The van der Waals surface area contributed by atoms with E-state index in [1.807, 2.05) is 34.6 Å². The highest BCUT2D eigenvalue weighted by molar-refractivity contribution is 5.91. The number of nitrogens with one attached hydrogen (secondary N) is 4. The lowest BCUT2D eigenvalue weighted by Gasteiger charge is -2.32. The number of alkyl carbamates (subject to hydrolysis) is 2. The Bertz CT molecular complexity index is 1710. The van der Waals surface area contributed by atoms with Crippen molar-refractivity contribution in [3.63, 3.8) is 0 Å². The number of amides is 5. The van der Waals surface area contributed by atoms with Gasteiger partial charge < -0.3 is 55.1 Å². The van der Waals surface area contributed by atoms with Crippen LogP contribution in [0.1, 0.15) is 182 Å². The first-order chi connectivity index (χ1) is 30.1. The molecule has 0 aliphatic carbocycles. The number of carbonyl (C=O) groups excluding carboxylic acids is 7. The van der Waals surface area contributed by atoms with E-state index in [9.17, 15) is 38.4 Å². The number of carbonyl (C=O) groups is 8. The van der Waals surface area contributed by atoms with Crippen LogP contribution in [0.4, 0.5) is 9.59 Å². The van der Waals surface area contributed by atoms with Gasteiger partial charge in [0, 0.05) is 42.5 Å². The molecule has 4 heterocycles. The van der Waals surface area contributed by atoms with Crippen molar-refractivity contribution in [2.45, 2.75) is 240 Å². The van der Waals surface area contributed by atoms with Crippen LogP contribution < -0.4 is 21.3 Å². The normalized spacial score (nSPS) is 20.4. The van der Waals surface area contributed by atoms with Crippen LogP contribution >= 0.6 is 12.4 Å². The molecule has 0 aromatic heterocycles. The van der Waals surface area contributed by atoms with Gasteiger partial charge in [0.2, 0.25) is 17.7 Å². The lowest BCUT2D eigenvalue weighted by atomic mass is 9.99. The number of halogens is 1. The molecule has 4 rings (SSSR count). The van der Waals surface area contributed by atoms with Gasteiger partial charge in [0.05, 0.1) is 6.42 Å². The molecule has 0 aromatic carbocycles. The first kappa shape index (κ1) is 63.6. The van der Waals surface area contributed by atoms with E-state index in [4.69, 9.17) is 24.1 Å². The summed E-state index contributed by atoms with van der Waals surface area (Å²) in [6.45, 7) is 34.4. The van der Waals surface area contributed by atoms with Crippen LogP contribution in [0.15, 0.2) is 0 Å². The third-order valence-corrected chi connectivity index (χ3v) is 9.80. The van der Waals surface area contributed by atoms with E-state index < -0.39 is 57.6 Å². The zero-order valence-electron chi connectivity index (χ0n) is 44.4. The number of ether oxygens (including phenoxy) is 4. The second-order valence-corrected chi connectivity index (χ2v) is 23.5. The van der Waals surface area contributed by atoms with Gasteiger partial charge in [0.1, 0.15) is 40.5 Å². The zero-order valence-corrected chi connectivity index (χ0v) is 45.2. The summed E-state index contributed by atoms with van der Waals surface area (Å²) in [5.41, 5.74) is -4.13. The predicted octanol–water partition coefficient (Wildman–Crippen LogP) is 6.55. The second-order valence-electron chi connectivity index (χ2n) is 23.5. The number of rotatable bonds is 8. The Morgan fingerprint density at radius 3 is 1.54 bits per heavy atom. The van der Waals surface area contributed by atoms with Crippen molar-refractivity contribution in [2.24, 2.45) is 0 Å². The third kappa shape index (κ3) is 26.4. The van der Waals surface area contributed by atoms with Crippen LogP contribution in [-0.4, -0.2) is 140 Å². The molecule has 4 saturated heterocycles. The summed E-state index contributed by atoms with van der Waals surface area (Å²) in [6.07, 6.45) is 4.27. The molecule has 0 spiro atoms. The number of esters is 2. The maximum atomic E-state index is 12.7. The Hall–Kier alpha value is -4.39. The van der Waals surface area contributed by atoms with E-state index in [0.29, 0.717) is 19.4 Å². The Labute approximate surface area is 411 Å². The molecule has 0 unspecified atom stereocenters.